The van der Waals surface area contributed by atoms with E-state index in [1.54, 1.807) is 24.4 Å². The van der Waals surface area contributed by atoms with Crippen LogP contribution in [0.25, 0.3) is 0 Å². The van der Waals surface area contributed by atoms with Crippen molar-refractivity contribution in [3.05, 3.63) is 65.5 Å². The smallest absolute Gasteiger partial charge is 0.331 e. The van der Waals surface area contributed by atoms with Crippen molar-refractivity contribution in [2.75, 3.05) is 26.2 Å². The summed E-state index contributed by atoms with van der Waals surface area (Å²) >= 11 is 0. The number of carboxylic acid groups (broad SMARTS) is 1. The van der Waals surface area contributed by atoms with E-state index >= 15 is 0 Å². The second-order valence-corrected chi connectivity index (χ2v) is 7.39. The zero-order valence-electron chi connectivity index (χ0n) is 16.1. The summed E-state index contributed by atoms with van der Waals surface area (Å²) in [6.45, 7) is 1.27. The number of hydrogen-bond acceptors (Lipinski definition) is 4. The summed E-state index contributed by atoms with van der Waals surface area (Å²) in [4.78, 5) is 36.4. The molecule has 30 heavy (non-hydrogen) atoms. The molecule has 1 saturated carbocycles. The summed E-state index contributed by atoms with van der Waals surface area (Å²) in [7, 11) is 0. The first-order valence-corrected chi connectivity index (χ1v) is 9.63. The SMILES string of the molecule is O=C(c1cc(F)ccc1F)N1CCN(/C(=N/C2(C(=O)O)CC2)c2ccccn2)CC1. The van der Waals surface area contributed by atoms with Gasteiger partial charge in [-0.1, -0.05) is 6.07 Å². The molecule has 0 spiro atoms. The Bertz CT molecular complexity index is 1000. The van der Waals surface area contributed by atoms with Crippen molar-refractivity contribution in [1.29, 1.82) is 0 Å². The Balaban J connectivity index is 1.53. The van der Waals surface area contributed by atoms with Crippen molar-refractivity contribution < 1.29 is 23.5 Å². The molecule has 1 aromatic carbocycles. The maximum Gasteiger partial charge on any atom is 0.331 e. The van der Waals surface area contributed by atoms with Crippen molar-refractivity contribution in [3.8, 4) is 0 Å². The van der Waals surface area contributed by atoms with E-state index in [0.717, 1.165) is 18.2 Å². The zero-order valence-corrected chi connectivity index (χ0v) is 16.1. The molecule has 1 amide bonds. The van der Waals surface area contributed by atoms with Gasteiger partial charge in [0.15, 0.2) is 11.4 Å². The number of carbonyl (C=O) groups is 2. The summed E-state index contributed by atoms with van der Waals surface area (Å²) in [6.07, 6.45) is 2.55. The third kappa shape index (κ3) is 3.87. The first-order valence-electron chi connectivity index (χ1n) is 9.63. The minimum atomic E-state index is -1.12. The molecule has 0 bridgehead atoms. The number of hydrogen-bond donors (Lipinski definition) is 1. The third-order valence-corrected chi connectivity index (χ3v) is 5.36. The van der Waals surface area contributed by atoms with E-state index in [0.29, 0.717) is 37.5 Å². The maximum absolute atomic E-state index is 14.0. The number of piperazine rings is 1. The molecule has 1 N–H and O–H groups in total. The van der Waals surface area contributed by atoms with Gasteiger partial charge >= 0.3 is 5.97 Å². The van der Waals surface area contributed by atoms with Crippen LogP contribution in [0.15, 0.2) is 47.6 Å². The van der Waals surface area contributed by atoms with E-state index in [2.05, 4.69) is 9.98 Å². The maximum atomic E-state index is 14.0. The number of halogens is 2. The van der Waals surface area contributed by atoms with Gasteiger partial charge in [0, 0.05) is 32.4 Å². The predicted octanol–water partition coefficient (Wildman–Crippen LogP) is 2.18. The van der Waals surface area contributed by atoms with Gasteiger partial charge in [0.25, 0.3) is 5.91 Å². The topological polar surface area (TPSA) is 86.1 Å². The van der Waals surface area contributed by atoms with E-state index in [-0.39, 0.29) is 18.7 Å². The van der Waals surface area contributed by atoms with Crippen LogP contribution in [0.4, 0.5) is 8.78 Å². The Hall–Kier alpha value is -3.36. The number of aliphatic carboxylic acids is 1. The highest BCUT2D eigenvalue weighted by Gasteiger charge is 2.51. The molecule has 0 unspecified atom stereocenters. The van der Waals surface area contributed by atoms with Crippen LogP contribution in [0.2, 0.25) is 0 Å². The van der Waals surface area contributed by atoms with Crippen LogP contribution in [0, 0.1) is 11.6 Å². The average molecular weight is 414 g/mol. The van der Waals surface area contributed by atoms with Gasteiger partial charge in [0.05, 0.1) is 5.56 Å². The standard InChI is InChI=1S/C21H20F2N4O3/c22-14-4-5-16(23)15(13-14)19(28)27-11-9-26(10-12-27)18(17-3-1-2-8-24-17)25-21(6-7-21)20(29)30/h1-5,8,13H,6-7,9-12H2,(H,29,30)/b25-18+. The fourth-order valence-electron chi connectivity index (χ4n) is 3.43. The molecule has 2 aromatic rings. The van der Waals surface area contributed by atoms with E-state index < -0.39 is 29.0 Å². The third-order valence-electron chi connectivity index (χ3n) is 5.36. The van der Waals surface area contributed by atoms with E-state index in [1.807, 2.05) is 4.90 Å². The van der Waals surface area contributed by atoms with E-state index in [4.69, 9.17) is 0 Å². The molecular formula is C21H20F2N4O3. The van der Waals surface area contributed by atoms with Gasteiger partial charge in [0.2, 0.25) is 0 Å². The normalized spacial score (nSPS) is 18.3. The minimum Gasteiger partial charge on any atom is -0.479 e. The number of rotatable bonds is 4. The van der Waals surface area contributed by atoms with Crippen molar-refractivity contribution in [3.63, 3.8) is 0 Å². The van der Waals surface area contributed by atoms with Crippen LogP contribution in [-0.4, -0.2) is 69.3 Å². The van der Waals surface area contributed by atoms with Crippen molar-refractivity contribution in [2.45, 2.75) is 18.4 Å². The molecular weight excluding hydrogens is 394 g/mol. The number of pyridine rings is 1. The van der Waals surface area contributed by atoms with Gasteiger partial charge in [-0.3, -0.25) is 9.78 Å². The van der Waals surface area contributed by atoms with Crippen molar-refractivity contribution in [2.24, 2.45) is 4.99 Å². The highest BCUT2D eigenvalue weighted by Crippen LogP contribution is 2.40. The number of carbonyl (C=O) groups excluding carboxylic acids is 1. The van der Waals surface area contributed by atoms with E-state index in [1.165, 1.54) is 4.90 Å². The minimum absolute atomic E-state index is 0.265. The average Bonchev–Trinajstić information content (AvgIpc) is 3.55. The molecule has 0 radical (unpaired) electrons. The van der Waals surface area contributed by atoms with Crippen LogP contribution in [0.5, 0.6) is 0 Å². The number of amidine groups is 1. The van der Waals surface area contributed by atoms with Gasteiger partial charge in [0.1, 0.15) is 17.3 Å². The Morgan fingerprint density at radius 1 is 1.03 bits per heavy atom. The number of aliphatic imine (C=N–C) groups is 1. The molecule has 1 aliphatic carbocycles. The number of benzene rings is 1. The highest BCUT2D eigenvalue weighted by atomic mass is 19.1. The molecule has 156 valence electrons. The van der Waals surface area contributed by atoms with Gasteiger partial charge in [-0.2, -0.15) is 0 Å². The summed E-state index contributed by atoms with van der Waals surface area (Å²) in [5.41, 5.74) is -0.865. The number of carboxylic acids is 1. The fourth-order valence-corrected chi connectivity index (χ4v) is 3.43. The van der Waals surface area contributed by atoms with Crippen LogP contribution >= 0.6 is 0 Å². The van der Waals surface area contributed by atoms with Gasteiger partial charge in [-0.05, 0) is 43.2 Å². The monoisotopic (exact) mass is 414 g/mol. The van der Waals surface area contributed by atoms with Crippen molar-refractivity contribution in [1.82, 2.24) is 14.8 Å². The Labute approximate surface area is 171 Å². The molecule has 1 aliphatic heterocycles. The molecule has 0 atom stereocenters. The Morgan fingerprint density at radius 2 is 1.73 bits per heavy atom. The van der Waals surface area contributed by atoms with Crippen LogP contribution < -0.4 is 0 Å². The summed E-state index contributed by atoms with van der Waals surface area (Å²) < 4.78 is 27.4. The molecule has 2 fully saturated rings. The predicted molar refractivity (Wildman–Crippen MR) is 104 cm³/mol. The summed E-state index contributed by atoms with van der Waals surface area (Å²) in [5, 5.41) is 9.52. The summed E-state index contributed by atoms with van der Waals surface area (Å²) in [5.74, 6) is -2.51. The van der Waals surface area contributed by atoms with Gasteiger partial charge in [-0.15, -0.1) is 0 Å². The van der Waals surface area contributed by atoms with Gasteiger partial charge in [-0.25, -0.2) is 18.6 Å². The Morgan fingerprint density at radius 3 is 2.33 bits per heavy atom. The lowest BCUT2D eigenvalue weighted by atomic mass is 10.1. The largest absolute Gasteiger partial charge is 0.479 e. The molecule has 9 heteroatoms. The zero-order chi connectivity index (χ0) is 21.3. The number of nitrogens with zero attached hydrogens (tertiary/aromatic N) is 4. The van der Waals surface area contributed by atoms with Crippen molar-refractivity contribution >= 4 is 17.7 Å². The first kappa shape index (κ1) is 19.9. The lowest BCUT2D eigenvalue weighted by Gasteiger charge is -2.36. The molecule has 2 heterocycles. The van der Waals surface area contributed by atoms with E-state index in [9.17, 15) is 23.5 Å². The van der Waals surface area contributed by atoms with Crippen LogP contribution in [0.1, 0.15) is 28.9 Å². The lowest BCUT2D eigenvalue weighted by molar-refractivity contribution is -0.139. The molecule has 1 aromatic heterocycles. The molecule has 7 nitrogen and oxygen atoms in total. The molecule has 2 aliphatic rings. The highest BCUT2D eigenvalue weighted by molar-refractivity contribution is 6.00. The molecule has 1 saturated heterocycles. The quantitative estimate of drug-likeness (QED) is 0.612. The molecule has 4 rings (SSSR count). The van der Waals surface area contributed by atoms with Crippen LogP contribution in [0.3, 0.4) is 0 Å². The number of aromatic nitrogens is 1. The number of amides is 1. The fraction of sp³-hybridized carbons (Fsp3) is 0.333. The second kappa shape index (κ2) is 7.81. The first-order chi connectivity index (χ1) is 14.4. The van der Waals surface area contributed by atoms with Gasteiger partial charge < -0.3 is 14.9 Å². The van der Waals surface area contributed by atoms with Crippen LogP contribution in [-0.2, 0) is 4.79 Å². The Kier molecular flexibility index (Phi) is 5.19. The summed E-state index contributed by atoms with van der Waals surface area (Å²) in [6, 6.07) is 8.12. The lowest BCUT2D eigenvalue weighted by Crippen LogP contribution is -2.51. The second-order valence-electron chi connectivity index (χ2n) is 7.39.